The molecule has 21 heavy (non-hydrogen) atoms. The molecule has 0 aliphatic carbocycles. The number of rotatable bonds is 5. The molecule has 0 unspecified atom stereocenters. The average Bonchev–Trinajstić information content (AvgIpc) is 2.86. The van der Waals surface area contributed by atoms with Crippen molar-refractivity contribution in [2.75, 3.05) is 11.9 Å². The number of benzene rings is 1. The van der Waals surface area contributed by atoms with Gasteiger partial charge in [-0.15, -0.1) is 0 Å². The van der Waals surface area contributed by atoms with Crippen LogP contribution in [0.25, 0.3) is 0 Å². The van der Waals surface area contributed by atoms with Crippen LogP contribution in [0.2, 0.25) is 0 Å². The summed E-state index contributed by atoms with van der Waals surface area (Å²) in [4.78, 5) is 0. The second-order valence-electron chi connectivity index (χ2n) is 5.20. The van der Waals surface area contributed by atoms with Crippen LogP contribution in [0.5, 0.6) is 0 Å². The first-order valence-electron chi connectivity index (χ1n) is 7.17. The molecule has 0 bridgehead atoms. The SMILES string of the molecule is Cc1ccn(CCCNC(=S)Nc2cccc(C)c2C)n1. The highest BCUT2D eigenvalue weighted by atomic mass is 32.1. The van der Waals surface area contributed by atoms with Gasteiger partial charge in [-0.1, -0.05) is 12.1 Å². The molecule has 2 aromatic rings. The van der Waals surface area contributed by atoms with Gasteiger partial charge in [-0.2, -0.15) is 5.10 Å². The van der Waals surface area contributed by atoms with E-state index in [1.54, 1.807) is 0 Å². The fraction of sp³-hybridized carbons (Fsp3) is 0.375. The Morgan fingerprint density at radius 2 is 2.05 bits per heavy atom. The molecule has 112 valence electrons. The molecule has 0 spiro atoms. The topological polar surface area (TPSA) is 41.9 Å². The monoisotopic (exact) mass is 302 g/mol. The Labute approximate surface area is 131 Å². The maximum absolute atomic E-state index is 5.33. The largest absolute Gasteiger partial charge is 0.362 e. The quantitative estimate of drug-likeness (QED) is 0.657. The molecule has 4 nitrogen and oxygen atoms in total. The highest BCUT2D eigenvalue weighted by Gasteiger charge is 2.02. The van der Waals surface area contributed by atoms with E-state index < -0.39 is 0 Å². The number of aryl methyl sites for hydroxylation is 3. The van der Waals surface area contributed by atoms with Crippen LogP contribution in [0.15, 0.2) is 30.5 Å². The Kier molecular flexibility index (Phi) is 5.33. The first-order chi connectivity index (χ1) is 10.1. The van der Waals surface area contributed by atoms with Gasteiger partial charge in [0.05, 0.1) is 5.69 Å². The van der Waals surface area contributed by atoms with Crippen LogP contribution < -0.4 is 10.6 Å². The number of nitrogens with one attached hydrogen (secondary N) is 2. The molecule has 1 aromatic carbocycles. The van der Waals surface area contributed by atoms with Crippen molar-refractivity contribution in [1.82, 2.24) is 15.1 Å². The molecule has 0 radical (unpaired) electrons. The van der Waals surface area contributed by atoms with Gasteiger partial charge in [-0.05, 0) is 62.7 Å². The molecule has 0 aliphatic heterocycles. The van der Waals surface area contributed by atoms with Gasteiger partial charge >= 0.3 is 0 Å². The standard InChI is InChI=1S/C16H22N4S/c1-12-6-4-7-15(14(12)3)18-16(21)17-9-5-10-20-11-8-13(2)19-20/h4,6-8,11H,5,9-10H2,1-3H3,(H2,17,18,21). The van der Waals surface area contributed by atoms with Crippen molar-refractivity contribution < 1.29 is 0 Å². The molecule has 2 N–H and O–H groups in total. The number of hydrogen-bond donors (Lipinski definition) is 2. The van der Waals surface area contributed by atoms with Crippen LogP contribution in [0.4, 0.5) is 5.69 Å². The van der Waals surface area contributed by atoms with E-state index in [1.165, 1.54) is 11.1 Å². The number of hydrogen-bond acceptors (Lipinski definition) is 2. The normalized spacial score (nSPS) is 10.4. The minimum Gasteiger partial charge on any atom is -0.362 e. The third-order valence-electron chi connectivity index (χ3n) is 3.48. The van der Waals surface area contributed by atoms with Crippen LogP contribution in [0.3, 0.4) is 0 Å². The van der Waals surface area contributed by atoms with Crippen LogP contribution in [-0.4, -0.2) is 21.4 Å². The van der Waals surface area contributed by atoms with Crippen molar-refractivity contribution in [2.24, 2.45) is 0 Å². The van der Waals surface area contributed by atoms with Gasteiger partial charge in [0.1, 0.15) is 0 Å². The highest BCUT2D eigenvalue weighted by Crippen LogP contribution is 2.17. The summed E-state index contributed by atoms with van der Waals surface area (Å²) in [5, 5.41) is 11.5. The lowest BCUT2D eigenvalue weighted by Crippen LogP contribution is -2.30. The summed E-state index contributed by atoms with van der Waals surface area (Å²) < 4.78 is 1.96. The highest BCUT2D eigenvalue weighted by molar-refractivity contribution is 7.80. The van der Waals surface area contributed by atoms with E-state index in [4.69, 9.17) is 12.2 Å². The summed E-state index contributed by atoms with van der Waals surface area (Å²) in [7, 11) is 0. The van der Waals surface area contributed by atoms with E-state index in [0.717, 1.165) is 30.9 Å². The van der Waals surface area contributed by atoms with Crippen molar-refractivity contribution in [2.45, 2.75) is 33.7 Å². The van der Waals surface area contributed by atoms with Crippen LogP contribution in [-0.2, 0) is 6.54 Å². The molecular formula is C16H22N4S. The molecular weight excluding hydrogens is 280 g/mol. The van der Waals surface area contributed by atoms with Crippen molar-refractivity contribution in [3.05, 3.63) is 47.3 Å². The molecule has 1 heterocycles. The number of nitrogens with zero attached hydrogens (tertiary/aromatic N) is 2. The maximum atomic E-state index is 5.33. The smallest absolute Gasteiger partial charge is 0.170 e. The second-order valence-corrected chi connectivity index (χ2v) is 5.61. The van der Waals surface area contributed by atoms with Crippen LogP contribution in [0, 0.1) is 20.8 Å². The maximum Gasteiger partial charge on any atom is 0.170 e. The van der Waals surface area contributed by atoms with E-state index >= 15 is 0 Å². The second kappa shape index (κ2) is 7.22. The van der Waals surface area contributed by atoms with Crippen LogP contribution >= 0.6 is 12.2 Å². The molecule has 0 amide bonds. The van der Waals surface area contributed by atoms with Crippen molar-refractivity contribution >= 4 is 23.0 Å². The average molecular weight is 302 g/mol. The summed E-state index contributed by atoms with van der Waals surface area (Å²) in [6.07, 6.45) is 2.98. The van der Waals surface area contributed by atoms with Gasteiger partial charge in [0.2, 0.25) is 0 Å². The summed E-state index contributed by atoms with van der Waals surface area (Å²) in [6.45, 7) is 7.92. The zero-order valence-corrected chi connectivity index (χ0v) is 13.6. The molecule has 0 saturated heterocycles. The lowest BCUT2D eigenvalue weighted by Gasteiger charge is -2.13. The van der Waals surface area contributed by atoms with E-state index in [9.17, 15) is 0 Å². The summed E-state index contributed by atoms with van der Waals surface area (Å²) in [6, 6.07) is 8.19. The predicted octanol–water partition coefficient (Wildman–Crippen LogP) is 3.19. The number of thiocarbonyl (C=S) groups is 1. The van der Waals surface area contributed by atoms with E-state index in [2.05, 4.69) is 35.6 Å². The van der Waals surface area contributed by atoms with Gasteiger partial charge in [-0.3, -0.25) is 4.68 Å². The molecule has 5 heteroatoms. The molecule has 2 rings (SSSR count). The Bertz CT molecular complexity index is 618. The number of anilines is 1. The molecule has 0 aliphatic rings. The Morgan fingerprint density at radius 1 is 1.24 bits per heavy atom. The first-order valence-corrected chi connectivity index (χ1v) is 7.58. The van der Waals surface area contributed by atoms with Crippen molar-refractivity contribution in [3.8, 4) is 0 Å². The summed E-state index contributed by atoms with van der Waals surface area (Å²) in [5.41, 5.74) is 4.61. The van der Waals surface area contributed by atoms with Crippen LogP contribution in [0.1, 0.15) is 23.2 Å². The van der Waals surface area contributed by atoms with Gasteiger partial charge in [0, 0.05) is 25.0 Å². The number of aromatic nitrogens is 2. The Hall–Kier alpha value is -1.88. The molecule has 0 atom stereocenters. The Morgan fingerprint density at radius 3 is 2.76 bits per heavy atom. The zero-order valence-electron chi connectivity index (χ0n) is 12.8. The Balaban J connectivity index is 1.73. The summed E-state index contributed by atoms with van der Waals surface area (Å²) in [5.74, 6) is 0. The minimum atomic E-state index is 0.667. The van der Waals surface area contributed by atoms with Crippen molar-refractivity contribution in [1.29, 1.82) is 0 Å². The van der Waals surface area contributed by atoms with Gasteiger partial charge < -0.3 is 10.6 Å². The van der Waals surface area contributed by atoms with E-state index in [0.29, 0.717) is 5.11 Å². The van der Waals surface area contributed by atoms with Gasteiger partial charge in [0.15, 0.2) is 5.11 Å². The van der Waals surface area contributed by atoms with E-state index in [1.807, 2.05) is 36.0 Å². The van der Waals surface area contributed by atoms with Crippen molar-refractivity contribution in [3.63, 3.8) is 0 Å². The molecule has 0 fully saturated rings. The fourth-order valence-corrected chi connectivity index (χ4v) is 2.30. The fourth-order valence-electron chi connectivity index (χ4n) is 2.08. The molecule has 0 saturated carbocycles. The lowest BCUT2D eigenvalue weighted by atomic mass is 10.1. The molecule has 1 aromatic heterocycles. The lowest BCUT2D eigenvalue weighted by molar-refractivity contribution is 0.570. The van der Waals surface area contributed by atoms with Gasteiger partial charge in [-0.25, -0.2) is 0 Å². The third kappa shape index (κ3) is 4.56. The summed E-state index contributed by atoms with van der Waals surface area (Å²) >= 11 is 5.33. The minimum absolute atomic E-state index is 0.667. The first kappa shape index (κ1) is 15.5. The van der Waals surface area contributed by atoms with E-state index in [-0.39, 0.29) is 0 Å². The van der Waals surface area contributed by atoms with Gasteiger partial charge in [0.25, 0.3) is 0 Å². The third-order valence-corrected chi connectivity index (χ3v) is 3.72. The zero-order chi connectivity index (χ0) is 15.2. The predicted molar refractivity (Wildman–Crippen MR) is 91.7 cm³/mol.